The van der Waals surface area contributed by atoms with E-state index < -0.39 is 0 Å². The van der Waals surface area contributed by atoms with Gasteiger partial charge in [0.1, 0.15) is 6.29 Å². The van der Waals surface area contributed by atoms with E-state index in [0.717, 1.165) is 25.1 Å². The van der Waals surface area contributed by atoms with Crippen molar-refractivity contribution in [3.8, 4) is 0 Å². The molecule has 6 heteroatoms. The van der Waals surface area contributed by atoms with Crippen LogP contribution in [0.3, 0.4) is 0 Å². The largest absolute Gasteiger partial charge is 0.382 e. The molecular formula is C17H27NO5. The second-order valence-corrected chi connectivity index (χ2v) is 4.91. The molecule has 0 fully saturated rings. The van der Waals surface area contributed by atoms with E-state index in [9.17, 15) is 4.79 Å². The molecular weight excluding hydrogens is 298 g/mol. The van der Waals surface area contributed by atoms with E-state index >= 15 is 0 Å². The average molecular weight is 325 g/mol. The predicted molar refractivity (Wildman–Crippen MR) is 89.4 cm³/mol. The van der Waals surface area contributed by atoms with Gasteiger partial charge < -0.3 is 23.8 Å². The molecule has 0 amide bonds. The summed E-state index contributed by atoms with van der Waals surface area (Å²) in [6.07, 6.45) is 0.843. The van der Waals surface area contributed by atoms with Crippen LogP contribution in [0.1, 0.15) is 10.4 Å². The van der Waals surface area contributed by atoms with Gasteiger partial charge in [-0.15, -0.1) is 0 Å². The third-order valence-electron chi connectivity index (χ3n) is 3.27. The first-order valence-corrected chi connectivity index (χ1v) is 7.75. The molecule has 0 aliphatic rings. The highest BCUT2D eigenvalue weighted by Gasteiger charge is 2.07. The maximum atomic E-state index is 10.8. The minimum absolute atomic E-state index is 0.582. The molecule has 1 rings (SSSR count). The standard InChI is InChI=1S/C17H27NO5/c1-20-11-13-22-9-7-18(8-10-23-14-12-21-2)17-5-3-16(15-19)4-6-17/h3-6,15H,7-14H2,1-2H3. The van der Waals surface area contributed by atoms with E-state index in [-0.39, 0.29) is 0 Å². The Bertz CT molecular complexity index is 396. The van der Waals surface area contributed by atoms with Crippen LogP contribution in [0.2, 0.25) is 0 Å². The zero-order valence-corrected chi connectivity index (χ0v) is 14.0. The fourth-order valence-corrected chi connectivity index (χ4v) is 1.97. The number of rotatable bonds is 14. The molecule has 130 valence electrons. The van der Waals surface area contributed by atoms with E-state index in [4.69, 9.17) is 18.9 Å². The molecule has 0 aliphatic carbocycles. The monoisotopic (exact) mass is 325 g/mol. The third kappa shape index (κ3) is 8.66. The van der Waals surface area contributed by atoms with Gasteiger partial charge >= 0.3 is 0 Å². The molecule has 0 saturated heterocycles. The van der Waals surface area contributed by atoms with Crippen molar-refractivity contribution in [2.45, 2.75) is 0 Å². The highest BCUT2D eigenvalue weighted by atomic mass is 16.5. The molecule has 0 saturated carbocycles. The summed E-state index contributed by atoms with van der Waals surface area (Å²) in [7, 11) is 3.31. The molecule has 0 N–H and O–H groups in total. The number of ether oxygens (including phenoxy) is 4. The SMILES string of the molecule is COCCOCCN(CCOCCOC)c1ccc(C=O)cc1. The van der Waals surface area contributed by atoms with Crippen LogP contribution in [-0.4, -0.2) is 73.2 Å². The zero-order chi connectivity index (χ0) is 16.8. The summed E-state index contributed by atoms with van der Waals surface area (Å²) in [5.41, 5.74) is 1.71. The van der Waals surface area contributed by atoms with Crippen LogP contribution in [0.15, 0.2) is 24.3 Å². The molecule has 23 heavy (non-hydrogen) atoms. The summed E-state index contributed by atoms with van der Waals surface area (Å²) in [6.45, 7) is 5.06. The normalized spacial score (nSPS) is 10.7. The van der Waals surface area contributed by atoms with Crippen LogP contribution < -0.4 is 4.90 Å². The van der Waals surface area contributed by atoms with Gasteiger partial charge in [0.2, 0.25) is 0 Å². The highest BCUT2D eigenvalue weighted by molar-refractivity contribution is 5.75. The minimum Gasteiger partial charge on any atom is -0.382 e. The lowest BCUT2D eigenvalue weighted by molar-refractivity contribution is 0.0677. The van der Waals surface area contributed by atoms with Gasteiger partial charge in [-0.25, -0.2) is 0 Å². The van der Waals surface area contributed by atoms with Gasteiger partial charge in [-0.1, -0.05) is 0 Å². The van der Waals surface area contributed by atoms with Crippen molar-refractivity contribution < 1.29 is 23.7 Å². The lowest BCUT2D eigenvalue weighted by Crippen LogP contribution is -2.31. The summed E-state index contributed by atoms with van der Waals surface area (Å²) < 4.78 is 21.0. The Hall–Kier alpha value is -1.47. The summed E-state index contributed by atoms with van der Waals surface area (Å²) in [5.74, 6) is 0. The second-order valence-electron chi connectivity index (χ2n) is 4.91. The summed E-state index contributed by atoms with van der Waals surface area (Å²) in [4.78, 5) is 12.9. The number of hydrogen-bond acceptors (Lipinski definition) is 6. The summed E-state index contributed by atoms with van der Waals surface area (Å²) >= 11 is 0. The Morgan fingerprint density at radius 1 is 0.826 bits per heavy atom. The van der Waals surface area contributed by atoms with Gasteiger partial charge in [0.05, 0.1) is 39.6 Å². The fourth-order valence-electron chi connectivity index (χ4n) is 1.97. The molecule has 0 unspecified atom stereocenters. The summed E-state index contributed by atoms with van der Waals surface area (Å²) in [5, 5.41) is 0. The first-order chi connectivity index (χ1) is 11.3. The molecule has 1 aromatic carbocycles. The topological polar surface area (TPSA) is 57.2 Å². The molecule has 0 radical (unpaired) electrons. The number of anilines is 1. The van der Waals surface area contributed by atoms with E-state index in [1.165, 1.54) is 0 Å². The van der Waals surface area contributed by atoms with Gasteiger partial charge in [0, 0.05) is 38.6 Å². The van der Waals surface area contributed by atoms with Gasteiger partial charge in [0.25, 0.3) is 0 Å². The van der Waals surface area contributed by atoms with Crippen LogP contribution in [0.4, 0.5) is 5.69 Å². The lowest BCUT2D eigenvalue weighted by Gasteiger charge is -2.25. The highest BCUT2D eigenvalue weighted by Crippen LogP contribution is 2.14. The minimum atomic E-state index is 0.582. The molecule has 1 aromatic rings. The van der Waals surface area contributed by atoms with E-state index in [1.807, 2.05) is 24.3 Å². The maximum absolute atomic E-state index is 10.8. The average Bonchev–Trinajstić information content (AvgIpc) is 2.59. The van der Waals surface area contributed by atoms with Crippen LogP contribution in [0.5, 0.6) is 0 Å². The number of aldehydes is 1. The van der Waals surface area contributed by atoms with Crippen molar-refractivity contribution in [3.63, 3.8) is 0 Å². The van der Waals surface area contributed by atoms with E-state index in [0.29, 0.717) is 45.2 Å². The first-order valence-electron chi connectivity index (χ1n) is 7.75. The Balaban J connectivity index is 2.47. The predicted octanol–water partition coefficient (Wildman–Crippen LogP) is 1.63. The zero-order valence-electron chi connectivity index (χ0n) is 14.0. The van der Waals surface area contributed by atoms with Gasteiger partial charge in [-0.2, -0.15) is 0 Å². The van der Waals surface area contributed by atoms with E-state index in [1.54, 1.807) is 14.2 Å². The number of hydrogen-bond donors (Lipinski definition) is 0. The molecule has 0 aliphatic heterocycles. The van der Waals surface area contributed by atoms with Crippen molar-refractivity contribution in [2.75, 3.05) is 71.9 Å². The van der Waals surface area contributed by atoms with Crippen LogP contribution in [0, 0.1) is 0 Å². The Kier molecular flexibility index (Phi) is 11.1. The second kappa shape index (κ2) is 13.0. The summed E-state index contributed by atoms with van der Waals surface area (Å²) in [6, 6.07) is 7.50. The van der Waals surface area contributed by atoms with Gasteiger partial charge in [0.15, 0.2) is 0 Å². The molecule has 0 heterocycles. The van der Waals surface area contributed by atoms with Gasteiger partial charge in [-0.3, -0.25) is 4.79 Å². The number of methoxy groups -OCH3 is 2. The number of nitrogens with zero attached hydrogens (tertiary/aromatic N) is 1. The third-order valence-corrected chi connectivity index (χ3v) is 3.27. The first kappa shape index (κ1) is 19.6. The molecule has 0 aromatic heterocycles. The molecule has 0 atom stereocenters. The lowest BCUT2D eigenvalue weighted by atomic mass is 10.2. The van der Waals surface area contributed by atoms with Crippen molar-refractivity contribution in [1.29, 1.82) is 0 Å². The van der Waals surface area contributed by atoms with Crippen molar-refractivity contribution in [2.24, 2.45) is 0 Å². The fraction of sp³-hybridized carbons (Fsp3) is 0.588. The quantitative estimate of drug-likeness (QED) is 0.383. The van der Waals surface area contributed by atoms with Crippen molar-refractivity contribution >= 4 is 12.0 Å². The molecule has 6 nitrogen and oxygen atoms in total. The van der Waals surface area contributed by atoms with Crippen LogP contribution in [0.25, 0.3) is 0 Å². The van der Waals surface area contributed by atoms with Crippen molar-refractivity contribution in [1.82, 2.24) is 0 Å². The van der Waals surface area contributed by atoms with Crippen LogP contribution >= 0.6 is 0 Å². The van der Waals surface area contributed by atoms with Gasteiger partial charge in [-0.05, 0) is 24.3 Å². The smallest absolute Gasteiger partial charge is 0.150 e. The Morgan fingerprint density at radius 2 is 1.35 bits per heavy atom. The molecule has 0 spiro atoms. The Labute approximate surface area is 138 Å². The number of carbonyl (C=O) groups excluding carboxylic acids is 1. The van der Waals surface area contributed by atoms with E-state index in [2.05, 4.69) is 4.90 Å². The van der Waals surface area contributed by atoms with Crippen LogP contribution in [-0.2, 0) is 18.9 Å². The maximum Gasteiger partial charge on any atom is 0.150 e. The molecule has 0 bridgehead atoms. The number of carbonyl (C=O) groups is 1. The Morgan fingerprint density at radius 3 is 1.78 bits per heavy atom. The van der Waals surface area contributed by atoms with Crippen molar-refractivity contribution in [3.05, 3.63) is 29.8 Å². The number of benzene rings is 1.